The number of nitrogen functional groups attached to an aromatic ring is 1. The van der Waals surface area contributed by atoms with Gasteiger partial charge in [0.2, 0.25) is 11.6 Å². The first kappa shape index (κ1) is 22.1. The minimum Gasteiger partial charge on any atom is -0.379 e. The molecule has 14 heteroatoms. The normalized spacial score (nSPS) is 11.0. The maximum Gasteiger partial charge on any atom is 0.293 e. The van der Waals surface area contributed by atoms with E-state index in [1.54, 1.807) is 30.3 Å². The molecule has 6 N–H and O–H groups in total. The van der Waals surface area contributed by atoms with E-state index >= 15 is 0 Å². The van der Waals surface area contributed by atoms with Crippen molar-refractivity contribution in [2.75, 3.05) is 11.1 Å². The molecule has 0 atom stereocenters. The molecule has 0 aliphatic rings. The summed E-state index contributed by atoms with van der Waals surface area (Å²) in [4.78, 5) is 24.5. The Hall–Kier alpha value is -5.14. The van der Waals surface area contributed by atoms with E-state index in [1.165, 1.54) is 18.2 Å². The summed E-state index contributed by atoms with van der Waals surface area (Å²) in [5.41, 5.74) is 14.3. The van der Waals surface area contributed by atoms with Crippen LogP contribution < -0.4 is 22.2 Å². The van der Waals surface area contributed by atoms with Gasteiger partial charge in [0.25, 0.3) is 11.8 Å². The first-order valence-corrected chi connectivity index (χ1v) is 9.69. The van der Waals surface area contributed by atoms with Gasteiger partial charge in [-0.05, 0) is 28.5 Å². The first-order valence-electron chi connectivity index (χ1n) is 9.69. The maximum atomic E-state index is 13.7. The average molecular weight is 464 g/mol. The van der Waals surface area contributed by atoms with E-state index in [1.807, 2.05) is 0 Å². The number of anilines is 2. The minimum atomic E-state index is -0.742. The summed E-state index contributed by atoms with van der Waals surface area (Å²) in [6.45, 7) is -0.0522. The Kier molecular flexibility index (Phi) is 6.20. The topological polar surface area (TPSA) is 192 Å². The van der Waals surface area contributed by atoms with E-state index in [2.05, 4.69) is 41.1 Å². The molecule has 0 aliphatic heterocycles. The Bertz CT molecular complexity index is 1380. The third-order valence-corrected chi connectivity index (χ3v) is 4.59. The van der Waals surface area contributed by atoms with Crippen LogP contribution in [0.2, 0.25) is 0 Å². The fraction of sp³-hybridized carbons (Fsp3) is 0.0500. The van der Waals surface area contributed by atoms with Crippen molar-refractivity contribution in [3.05, 3.63) is 76.9 Å². The highest BCUT2D eigenvalue weighted by Gasteiger charge is 2.24. The fourth-order valence-corrected chi connectivity index (χ4v) is 2.97. The summed E-state index contributed by atoms with van der Waals surface area (Å²) in [6, 6.07) is 12.5. The molecule has 0 aliphatic carbocycles. The zero-order valence-electron chi connectivity index (χ0n) is 17.3. The molecular formula is C20H17FN10O3. The van der Waals surface area contributed by atoms with E-state index < -0.39 is 17.6 Å². The smallest absolute Gasteiger partial charge is 0.293 e. The average Bonchev–Trinajstić information content (AvgIpc) is 3.44. The van der Waals surface area contributed by atoms with Gasteiger partial charge in [-0.2, -0.15) is 9.78 Å². The number of nitrogens with zero attached hydrogens (tertiary/aromatic N) is 6. The molecule has 4 aromatic rings. The summed E-state index contributed by atoms with van der Waals surface area (Å²) in [5.74, 6) is -1.97. The lowest BCUT2D eigenvalue weighted by molar-refractivity contribution is 0.0947. The van der Waals surface area contributed by atoms with E-state index in [4.69, 9.17) is 11.5 Å². The Morgan fingerprint density at radius 2 is 1.91 bits per heavy atom. The molecule has 34 heavy (non-hydrogen) atoms. The predicted octanol–water partition coefficient (Wildman–Crippen LogP) is 0.847. The van der Waals surface area contributed by atoms with E-state index in [9.17, 15) is 14.0 Å². The Balaban J connectivity index is 1.62. The Morgan fingerprint density at radius 1 is 1.15 bits per heavy atom. The predicted molar refractivity (Wildman–Crippen MR) is 117 cm³/mol. The highest BCUT2D eigenvalue weighted by molar-refractivity contribution is 5.98. The second-order valence-electron chi connectivity index (χ2n) is 6.75. The van der Waals surface area contributed by atoms with Crippen LogP contribution in [-0.4, -0.2) is 43.3 Å². The van der Waals surface area contributed by atoms with Crippen molar-refractivity contribution in [3.8, 4) is 5.82 Å². The molecule has 2 aromatic heterocycles. The molecule has 0 fully saturated rings. The first-order chi connectivity index (χ1) is 16.5. The van der Waals surface area contributed by atoms with Crippen LogP contribution in [0.4, 0.5) is 15.9 Å². The summed E-state index contributed by atoms with van der Waals surface area (Å²) < 4.78 is 19.5. The minimum absolute atomic E-state index is 0.00129. The van der Waals surface area contributed by atoms with Crippen molar-refractivity contribution < 1.29 is 18.6 Å². The van der Waals surface area contributed by atoms with Crippen LogP contribution in [0.15, 0.2) is 58.3 Å². The molecule has 2 heterocycles. The van der Waals surface area contributed by atoms with Crippen LogP contribution in [0.1, 0.15) is 32.1 Å². The second kappa shape index (κ2) is 9.56. The van der Waals surface area contributed by atoms with Gasteiger partial charge in [0.1, 0.15) is 5.82 Å². The van der Waals surface area contributed by atoms with Gasteiger partial charge in [0.15, 0.2) is 5.69 Å². The molecule has 0 bridgehead atoms. The Morgan fingerprint density at radius 3 is 2.65 bits per heavy atom. The molecule has 0 spiro atoms. The maximum absolute atomic E-state index is 13.7. The van der Waals surface area contributed by atoms with Crippen LogP contribution in [-0.2, 0) is 6.54 Å². The lowest BCUT2D eigenvalue weighted by Gasteiger charge is -2.11. The van der Waals surface area contributed by atoms with Gasteiger partial charge in [0, 0.05) is 11.3 Å². The number of halogens is 1. The van der Waals surface area contributed by atoms with Gasteiger partial charge < -0.3 is 16.8 Å². The van der Waals surface area contributed by atoms with Gasteiger partial charge in [-0.1, -0.05) is 35.5 Å². The van der Waals surface area contributed by atoms with Crippen LogP contribution in [0.25, 0.3) is 5.82 Å². The van der Waals surface area contributed by atoms with Gasteiger partial charge >= 0.3 is 0 Å². The molecular weight excluding hydrogens is 447 g/mol. The van der Waals surface area contributed by atoms with Gasteiger partial charge in [-0.25, -0.2) is 14.4 Å². The third kappa shape index (κ3) is 4.55. The molecule has 4 rings (SSSR count). The van der Waals surface area contributed by atoms with Gasteiger partial charge in [0.05, 0.1) is 24.0 Å². The van der Waals surface area contributed by atoms with Crippen molar-refractivity contribution >= 4 is 29.5 Å². The number of primary amides is 1. The molecule has 2 amide bonds. The van der Waals surface area contributed by atoms with Crippen molar-refractivity contribution in [1.82, 2.24) is 30.7 Å². The van der Waals surface area contributed by atoms with Crippen LogP contribution in [0.5, 0.6) is 0 Å². The highest BCUT2D eigenvalue weighted by atomic mass is 19.1. The summed E-state index contributed by atoms with van der Waals surface area (Å²) in [6.07, 6.45) is 1.15. The summed E-state index contributed by atoms with van der Waals surface area (Å²) in [5, 5.41) is 21.8. The third-order valence-electron chi connectivity index (χ3n) is 4.59. The number of aromatic nitrogens is 5. The molecule has 13 nitrogen and oxygen atoms in total. The number of para-hydroxylation sites is 1. The van der Waals surface area contributed by atoms with E-state index in [0.717, 1.165) is 10.9 Å². The summed E-state index contributed by atoms with van der Waals surface area (Å²) >= 11 is 0. The number of hydrazone groups is 1. The molecule has 0 unspecified atom stereocenters. The number of hydrogen-bond donors (Lipinski definition) is 4. The van der Waals surface area contributed by atoms with Gasteiger partial charge in [-0.3, -0.25) is 9.59 Å². The number of rotatable bonds is 8. The quantitative estimate of drug-likeness (QED) is 0.216. The number of amides is 2. The van der Waals surface area contributed by atoms with E-state index in [0.29, 0.717) is 5.69 Å². The standard InChI is InChI=1S/C20H17FN10O3/c21-13-7-3-1-5-11(13)9-25-27-20(33)16-15(31(30-26-16)19-17(22)28-34-29-19)10-24-14-8-4-2-6-12(14)18(23)32/h1-9,24H,10H2,(H2,22,28)(H2,23,32)(H,27,33)/b25-9-. The molecule has 2 aromatic carbocycles. The van der Waals surface area contributed by atoms with Crippen LogP contribution in [0, 0.1) is 5.82 Å². The number of nitrogens with one attached hydrogen (secondary N) is 2. The van der Waals surface area contributed by atoms with E-state index in [-0.39, 0.29) is 40.7 Å². The van der Waals surface area contributed by atoms with Gasteiger partial charge in [-0.15, -0.1) is 5.10 Å². The second-order valence-corrected chi connectivity index (χ2v) is 6.75. The number of hydrogen-bond acceptors (Lipinski definition) is 10. The zero-order valence-corrected chi connectivity index (χ0v) is 17.3. The largest absolute Gasteiger partial charge is 0.379 e. The monoisotopic (exact) mass is 464 g/mol. The number of benzene rings is 2. The molecule has 0 saturated carbocycles. The van der Waals surface area contributed by atoms with Crippen LogP contribution >= 0.6 is 0 Å². The Labute approximate surface area is 190 Å². The van der Waals surface area contributed by atoms with Crippen molar-refractivity contribution in [3.63, 3.8) is 0 Å². The SMILES string of the molecule is NC(=O)c1ccccc1NCc1c(C(=O)N/N=C\c2ccccc2F)nnn1-c1nonc1N. The van der Waals surface area contributed by atoms with Crippen LogP contribution in [0.3, 0.4) is 0 Å². The molecule has 172 valence electrons. The number of carbonyl (C=O) groups excluding carboxylic acids is 2. The lowest BCUT2D eigenvalue weighted by Crippen LogP contribution is -2.22. The summed E-state index contributed by atoms with van der Waals surface area (Å²) in [7, 11) is 0. The molecule has 0 radical (unpaired) electrons. The highest BCUT2D eigenvalue weighted by Crippen LogP contribution is 2.19. The zero-order chi connectivity index (χ0) is 24.1. The molecule has 0 saturated heterocycles. The number of nitrogens with two attached hydrogens (primary N) is 2. The fourth-order valence-electron chi connectivity index (χ4n) is 2.97. The van der Waals surface area contributed by atoms with Crippen molar-refractivity contribution in [1.29, 1.82) is 0 Å². The lowest BCUT2D eigenvalue weighted by atomic mass is 10.1. The van der Waals surface area contributed by atoms with Crippen molar-refractivity contribution in [2.24, 2.45) is 10.8 Å². The van der Waals surface area contributed by atoms with Crippen molar-refractivity contribution in [2.45, 2.75) is 6.54 Å². The number of carbonyl (C=O) groups is 2.